The normalized spacial score (nSPS) is 25.3. The molecule has 4 nitrogen and oxygen atoms in total. The first-order valence-corrected chi connectivity index (χ1v) is 9.50. The van der Waals surface area contributed by atoms with E-state index in [1.165, 1.54) is 19.5 Å². The molecule has 0 saturated carbocycles. The second-order valence-electron chi connectivity index (χ2n) is 7.04. The van der Waals surface area contributed by atoms with E-state index in [1.807, 2.05) is 0 Å². The Labute approximate surface area is 154 Å². The van der Waals surface area contributed by atoms with Gasteiger partial charge in [0.15, 0.2) is 0 Å². The first-order chi connectivity index (χ1) is 11.5. The highest BCUT2D eigenvalue weighted by molar-refractivity contribution is 6.35. The van der Waals surface area contributed by atoms with Gasteiger partial charge in [-0.3, -0.25) is 9.69 Å². The smallest absolute Gasteiger partial charge is 0.241 e. The second-order valence-corrected chi connectivity index (χ2v) is 7.91. The van der Waals surface area contributed by atoms with Gasteiger partial charge in [0.1, 0.15) is 0 Å². The zero-order valence-corrected chi connectivity index (χ0v) is 15.6. The zero-order chi connectivity index (χ0) is 17.1. The Hall–Kier alpha value is -0.810. The lowest BCUT2D eigenvalue weighted by molar-refractivity contribution is -0.120. The van der Waals surface area contributed by atoms with Crippen LogP contribution in [0.25, 0.3) is 0 Å². The van der Waals surface area contributed by atoms with Crippen molar-refractivity contribution < 1.29 is 4.79 Å². The third-order valence-corrected chi connectivity index (χ3v) is 5.44. The zero-order valence-electron chi connectivity index (χ0n) is 14.1. The van der Waals surface area contributed by atoms with Gasteiger partial charge in [0, 0.05) is 35.4 Å². The number of likely N-dealkylation sites (tertiary alicyclic amines) is 2. The van der Waals surface area contributed by atoms with E-state index in [9.17, 15) is 4.79 Å². The minimum absolute atomic E-state index is 0.0422. The predicted octanol–water partition coefficient (Wildman–Crippen LogP) is 3.74. The van der Waals surface area contributed by atoms with E-state index in [2.05, 4.69) is 22.0 Å². The summed E-state index contributed by atoms with van der Waals surface area (Å²) in [4.78, 5) is 17.5. The van der Waals surface area contributed by atoms with Crippen LogP contribution < -0.4 is 5.32 Å². The van der Waals surface area contributed by atoms with Gasteiger partial charge >= 0.3 is 0 Å². The van der Waals surface area contributed by atoms with Crippen molar-refractivity contribution in [3.8, 4) is 0 Å². The van der Waals surface area contributed by atoms with Crippen molar-refractivity contribution in [1.29, 1.82) is 0 Å². The molecule has 0 radical (unpaired) electrons. The molecular weight excluding hydrogens is 345 g/mol. The van der Waals surface area contributed by atoms with Crippen molar-refractivity contribution >= 4 is 34.8 Å². The van der Waals surface area contributed by atoms with Gasteiger partial charge in [-0.25, -0.2) is 0 Å². The maximum atomic E-state index is 12.6. The van der Waals surface area contributed by atoms with Crippen LogP contribution in [0.4, 0.5) is 5.69 Å². The highest BCUT2D eigenvalue weighted by Crippen LogP contribution is 2.24. The number of benzene rings is 1. The summed E-state index contributed by atoms with van der Waals surface area (Å²) in [5, 5.41) is 4.03. The van der Waals surface area contributed by atoms with Crippen molar-refractivity contribution in [2.45, 2.75) is 32.2 Å². The van der Waals surface area contributed by atoms with Crippen LogP contribution >= 0.6 is 23.2 Å². The highest BCUT2D eigenvalue weighted by Gasteiger charge is 2.31. The topological polar surface area (TPSA) is 35.6 Å². The molecular formula is C18H25Cl2N3O. The third-order valence-electron chi connectivity index (χ3n) is 5.01. The fourth-order valence-corrected chi connectivity index (χ4v) is 4.27. The van der Waals surface area contributed by atoms with Gasteiger partial charge in [-0.15, -0.1) is 0 Å². The molecule has 1 amide bonds. The van der Waals surface area contributed by atoms with Gasteiger partial charge in [0.05, 0.1) is 6.04 Å². The number of nitrogens with zero attached hydrogens (tertiary/aromatic N) is 2. The molecule has 2 aliphatic rings. The van der Waals surface area contributed by atoms with E-state index in [4.69, 9.17) is 23.2 Å². The monoisotopic (exact) mass is 369 g/mol. The standard InChI is InChI=1S/C18H25Cl2N3O/c1-13-4-6-22(12-13)7-8-23-5-2-3-17(23)18(24)21-16-10-14(19)9-15(20)11-16/h9-11,13,17H,2-8,12H2,1H3,(H,21,24). The molecule has 2 atom stereocenters. The maximum Gasteiger partial charge on any atom is 0.241 e. The first-order valence-electron chi connectivity index (χ1n) is 8.74. The number of amides is 1. The molecule has 0 aromatic heterocycles. The molecule has 24 heavy (non-hydrogen) atoms. The van der Waals surface area contributed by atoms with Crippen molar-refractivity contribution in [2.24, 2.45) is 5.92 Å². The summed E-state index contributed by atoms with van der Waals surface area (Å²) in [5.41, 5.74) is 0.665. The van der Waals surface area contributed by atoms with Crippen molar-refractivity contribution in [1.82, 2.24) is 9.80 Å². The van der Waals surface area contributed by atoms with E-state index in [1.54, 1.807) is 18.2 Å². The van der Waals surface area contributed by atoms with E-state index >= 15 is 0 Å². The van der Waals surface area contributed by atoms with Gasteiger partial charge in [-0.2, -0.15) is 0 Å². The largest absolute Gasteiger partial charge is 0.325 e. The Morgan fingerprint density at radius 2 is 1.92 bits per heavy atom. The van der Waals surface area contributed by atoms with Crippen LogP contribution in [0.2, 0.25) is 10.0 Å². The average Bonchev–Trinajstić information content (AvgIpc) is 3.12. The predicted molar refractivity (Wildman–Crippen MR) is 99.9 cm³/mol. The van der Waals surface area contributed by atoms with Crippen LogP contribution in [0, 0.1) is 5.92 Å². The molecule has 3 rings (SSSR count). The molecule has 6 heteroatoms. The Morgan fingerprint density at radius 1 is 1.17 bits per heavy atom. The van der Waals surface area contributed by atoms with Crippen LogP contribution in [0.5, 0.6) is 0 Å². The number of halogens is 2. The minimum Gasteiger partial charge on any atom is -0.325 e. The number of carbonyl (C=O) groups excluding carboxylic acids is 1. The number of nitrogens with one attached hydrogen (secondary N) is 1. The summed E-state index contributed by atoms with van der Waals surface area (Å²) in [6.07, 6.45) is 3.28. The highest BCUT2D eigenvalue weighted by atomic mass is 35.5. The van der Waals surface area contributed by atoms with Gasteiger partial charge in [-0.1, -0.05) is 30.1 Å². The first kappa shape index (κ1) is 18.0. The summed E-state index contributed by atoms with van der Waals surface area (Å²) in [6, 6.07) is 5.08. The molecule has 2 unspecified atom stereocenters. The number of carbonyl (C=O) groups is 1. The molecule has 0 spiro atoms. The van der Waals surface area contributed by atoms with Gasteiger partial charge in [0.2, 0.25) is 5.91 Å². The number of rotatable bonds is 5. The summed E-state index contributed by atoms with van der Waals surface area (Å²) in [7, 11) is 0. The lowest BCUT2D eigenvalue weighted by Crippen LogP contribution is -2.43. The fraction of sp³-hybridized carbons (Fsp3) is 0.611. The van der Waals surface area contributed by atoms with Crippen LogP contribution in [0.1, 0.15) is 26.2 Å². The molecule has 1 aromatic rings. The Bertz CT molecular complexity index is 575. The van der Waals surface area contributed by atoms with Crippen molar-refractivity contribution in [3.63, 3.8) is 0 Å². The molecule has 0 aliphatic carbocycles. The van der Waals surface area contributed by atoms with Gasteiger partial charge < -0.3 is 10.2 Å². The quantitative estimate of drug-likeness (QED) is 0.858. The van der Waals surface area contributed by atoms with Crippen LogP contribution in [-0.4, -0.2) is 54.5 Å². The van der Waals surface area contributed by atoms with E-state index in [-0.39, 0.29) is 11.9 Å². The van der Waals surface area contributed by atoms with E-state index in [0.717, 1.165) is 38.4 Å². The molecule has 1 aromatic carbocycles. The van der Waals surface area contributed by atoms with Crippen LogP contribution in [0.15, 0.2) is 18.2 Å². The maximum absolute atomic E-state index is 12.6. The van der Waals surface area contributed by atoms with Gasteiger partial charge in [-0.05, 0) is 56.5 Å². The summed E-state index contributed by atoms with van der Waals surface area (Å²) in [6.45, 7) is 7.69. The van der Waals surface area contributed by atoms with Crippen molar-refractivity contribution in [3.05, 3.63) is 28.2 Å². The molecule has 2 fully saturated rings. The molecule has 1 N–H and O–H groups in total. The lowest BCUT2D eigenvalue weighted by Gasteiger charge is -2.26. The second kappa shape index (κ2) is 8.05. The van der Waals surface area contributed by atoms with Crippen LogP contribution in [-0.2, 0) is 4.79 Å². The SMILES string of the molecule is CC1CCN(CCN2CCCC2C(=O)Nc2cc(Cl)cc(Cl)c2)C1. The van der Waals surface area contributed by atoms with Gasteiger partial charge in [0.25, 0.3) is 0 Å². The summed E-state index contributed by atoms with van der Waals surface area (Å²) >= 11 is 12.0. The molecule has 132 valence electrons. The van der Waals surface area contributed by atoms with E-state index in [0.29, 0.717) is 15.7 Å². The molecule has 2 saturated heterocycles. The fourth-order valence-electron chi connectivity index (χ4n) is 3.74. The average molecular weight is 370 g/mol. The minimum atomic E-state index is -0.0530. The van der Waals surface area contributed by atoms with Crippen molar-refractivity contribution in [2.75, 3.05) is 38.0 Å². The summed E-state index contributed by atoms with van der Waals surface area (Å²) < 4.78 is 0. The Kier molecular flexibility index (Phi) is 6.03. The number of anilines is 1. The summed E-state index contributed by atoms with van der Waals surface area (Å²) in [5.74, 6) is 0.843. The molecule has 0 bridgehead atoms. The molecule has 2 aliphatic heterocycles. The Morgan fingerprint density at radius 3 is 2.58 bits per heavy atom. The lowest BCUT2D eigenvalue weighted by atomic mass is 10.2. The van der Waals surface area contributed by atoms with E-state index < -0.39 is 0 Å². The number of hydrogen-bond acceptors (Lipinski definition) is 3. The third kappa shape index (κ3) is 4.63. The molecule has 2 heterocycles. The number of hydrogen-bond donors (Lipinski definition) is 1. The Balaban J connectivity index is 1.55. The van der Waals surface area contributed by atoms with Crippen LogP contribution in [0.3, 0.4) is 0 Å².